The Morgan fingerprint density at radius 3 is 2.88 bits per heavy atom. The molecule has 0 radical (unpaired) electrons. The number of nitrogens with zero attached hydrogens (tertiary/aromatic N) is 4. The molecule has 0 fully saturated rings. The van der Waals surface area contributed by atoms with Gasteiger partial charge in [0.15, 0.2) is 5.82 Å². The highest BCUT2D eigenvalue weighted by molar-refractivity contribution is 7.07. The van der Waals surface area contributed by atoms with Crippen molar-refractivity contribution in [1.29, 1.82) is 0 Å². The first-order chi connectivity index (χ1) is 8.18. The minimum Gasteiger partial charge on any atom is -0.308 e. The van der Waals surface area contributed by atoms with Crippen LogP contribution in [-0.4, -0.2) is 26.2 Å². The minimum absolute atomic E-state index is 0.181. The van der Waals surface area contributed by atoms with Crippen LogP contribution in [0.1, 0.15) is 38.2 Å². The van der Waals surface area contributed by atoms with E-state index in [1.165, 1.54) is 5.56 Å². The molecule has 1 unspecified atom stereocenters. The van der Waals surface area contributed by atoms with Crippen LogP contribution in [0, 0.1) is 0 Å². The van der Waals surface area contributed by atoms with Crippen LogP contribution >= 0.6 is 11.3 Å². The summed E-state index contributed by atoms with van der Waals surface area (Å²) >= 11 is 1.69. The lowest BCUT2D eigenvalue weighted by atomic mass is 10.2. The highest BCUT2D eigenvalue weighted by atomic mass is 32.1. The van der Waals surface area contributed by atoms with Crippen molar-refractivity contribution in [2.45, 2.75) is 39.4 Å². The van der Waals surface area contributed by atoms with Gasteiger partial charge in [-0.2, -0.15) is 11.3 Å². The van der Waals surface area contributed by atoms with Gasteiger partial charge in [0, 0.05) is 6.04 Å². The van der Waals surface area contributed by atoms with Crippen LogP contribution in [0.3, 0.4) is 0 Å². The number of tetrazole rings is 1. The van der Waals surface area contributed by atoms with E-state index in [2.05, 4.69) is 58.4 Å². The van der Waals surface area contributed by atoms with E-state index in [9.17, 15) is 0 Å². The Morgan fingerprint density at radius 1 is 1.41 bits per heavy atom. The lowest BCUT2D eigenvalue weighted by Gasteiger charge is -2.13. The normalized spacial score (nSPS) is 13.2. The van der Waals surface area contributed by atoms with Crippen LogP contribution in [0.25, 0.3) is 0 Å². The SMILES string of the molecule is CC(C)NCc1nnnn1C(C)c1ccsc1. The topological polar surface area (TPSA) is 55.6 Å². The summed E-state index contributed by atoms with van der Waals surface area (Å²) in [6.07, 6.45) is 0. The molecule has 0 bridgehead atoms. The molecule has 2 aromatic rings. The third-order valence-corrected chi connectivity index (χ3v) is 3.32. The maximum Gasteiger partial charge on any atom is 0.165 e. The van der Waals surface area contributed by atoms with Crippen molar-refractivity contribution >= 4 is 11.3 Å². The van der Waals surface area contributed by atoms with Crippen molar-refractivity contribution in [1.82, 2.24) is 25.5 Å². The molecule has 1 atom stereocenters. The fourth-order valence-electron chi connectivity index (χ4n) is 1.58. The van der Waals surface area contributed by atoms with Crippen LogP contribution in [-0.2, 0) is 6.54 Å². The van der Waals surface area contributed by atoms with Gasteiger partial charge in [0.1, 0.15) is 0 Å². The van der Waals surface area contributed by atoms with Gasteiger partial charge >= 0.3 is 0 Å². The molecule has 1 N–H and O–H groups in total. The number of nitrogens with one attached hydrogen (secondary N) is 1. The van der Waals surface area contributed by atoms with Gasteiger partial charge in [-0.15, -0.1) is 5.10 Å². The van der Waals surface area contributed by atoms with Crippen LogP contribution in [0.5, 0.6) is 0 Å². The molecule has 6 heteroatoms. The monoisotopic (exact) mass is 251 g/mol. The third-order valence-electron chi connectivity index (χ3n) is 2.62. The summed E-state index contributed by atoms with van der Waals surface area (Å²) in [7, 11) is 0. The quantitative estimate of drug-likeness (QED) is 0.881. The Hall–Kier alpha value is -1.27. The molecule has 0 spiro atoms. The third kappa shape index (κ3) is 2.89. The maximum atomic E-state index is 4.07. The molecule has 0 saturated carbocycles. The van der Waals surface area contributed by atoms with Gasteiger partial charge in [-0.05, 0) is 39.7 Å². The summed E-state index contributed by atoms with van der Waals surface area (Å²) in [5, 5.41) is 19.4. The molecule has 92 valence electrons. The van der Waals surface area contributed by atoms with Gasteiger partial charge in [0.05, 0.1) is 12.6 Å². The zero-order chi connectivity index (χ0) is 12.3. The smallest absolute Gasteiger partial charge is 0.165 e. The molecule has 0 saturated heterocycles. The first-order valence-corrected chi connectivity index (χ1v) is 6.65. The Kier molecular flexibility index (Phi) is 3.86. The van der Waals surface area contributed by atoms with Gasteiger partial charge in [0.2, 0.25) is 0 Å². The molecule has 17 heavy (non-hydrogen) atoms. The summed E-state index contributed by atoms with van der Waals surface area (Å²) in [5.41, 5.74) is 1.24. The van der Waals surface area contributed by atoms with Gasteiger partial charge < -0.3 is 5.32 Å². The maximum absolute atomic E-state index is 4.07. The average Bonchev–Trinajstić information content (AvgIpc) is 2.96. The molecule has 0 aliphatic carbocycles. The highest BCUT2D eigenvalue weighted by Crippen LogP contribution is 2.19. The second-order valence-corrected chi connectivity index (χ2v) is 5.09. The number of rotatable bonds is 5. The van der Waals surface area contributed by atoms with Crippen molar-refractivity contribution in [3.63, 3.8) is 0 Å². The minimum atomic E-state index is 0.181. The lowest BCUT2D eigenvalue weighted by molar-refractivity contribution is 0.491. The molecule has 5 nitrogen and oxygen atoms in total. The Balaban J connectivity index is 2.13. The predicted octanol–water partition coefficient (Wildman–Crippen LogP) is 1.84. The number of thiophene rings is 1. The molecule has 0 aromatic carbocycles. The van der Waals surface area contributed by atoms with E-state index in [0.29, 0.717) is 12.6 Å². The molecular formula is C11H17N5S. The molecule has 2 heterocycles. The zero-order valence-corrected chi connectivity index (χ0v) is 11.1. The van der Waals surface area contributed by atoms with Gasteiger partial charge in [0.25, 0.3) is 0 Å². The van der Waals surface area contributed by atoms with Crippen molar-refractivity contribution in [3.05, 3.63) is 28.2 Å². The van der Waals surface area contributed by atoms with Gasteiger partial charge in [-0.1, -0.05) is 13.8 Å². The van der Waals surface area contributed by atoms with Crippen molar-refractivity contribution in [3.8, 4) is 0 Å². The number of hydrogen-bond donors (Lipinski definition) is 1. The Morgan fingerprint density at radius 2 is 2.24 bits per heavy atom. The van der Waals surface area contributed by atoms with Gasteiger partial charge in [-0.3, -0.25) is 0 Å². The number of aromatic nitrogens is 4. The van der Waals surface area contributed by atoms with Crippen LogP contribution in [0.4, 0.5) is 0 Å². The first kappa shape index (κ1) is 12.2. The lowest BCUT2D eigenvalue weighted by Crippen LogP contribution is -2.25. The molecular weight excluding hydrogens is 234 g/mol. The molecule has 0 aliphatic heterocycles. The molecule has 0 aliphatic rings. The van der Waals surface area contributed by atoms with E-state index in [1.807, 2.05) is 4.68 Å². The second kappa shape index (κ2) is 5.37. The van der Waals surface area contributed by atoms with Crippen molar-refractivity contribution in [2.24, 2.45) is 0 Å². The highest BCUT2D eigenvalue weighted by Gasteiger charge is 2.14. The summed E-state index contributed by atoms with van der Waals surface area (Å²) in [6, 6.07) is 2.72. The van der Waals surface area contributed by atoms with E-state index < -0.39 is 0 Å². The predicted molar refractivity (Wildman–Crippen MR) is 67.9 cm³/mol. The summed E-state index contributed by atoms with van der Waals surface area (Å²) in [6.45, 7) is 7.02. The fourth-order valence-corrected chi connectivity index (χ4v) is 2.33. The number of hydrogen-bond acceptors (Lipinski definition) is 5. The second-order valence-electron chi connectivity index (χ2n) is 4.31. The van der Waals surface area contributed by atoms with Crippen LogP contribution in [0.15, 0.2) is 16.8 Å². The van der Waals surface area contributed by atoms with E-state index in [-0.39, 0.29) is 6.04 Å². The van der Waals surface area contributed by atoms with Crippen molar-refractivity contribution < 1.29 is 0 Å². The van der Waals surface area contributed by atoms with E-state index >= 15 is 0 Å². The first-order valence-electron chi connectivity index (χ1n) is 5.70. The van der Waals surface area contributed by atoms with E-state index in [0.717, 1.165) is 5.82 Å². The standard InChI is InChI=1S/C11H17N5S/c1-8(2)12-6-11-13-14-15-16(11)9(3)10-4-5-17-7-10/h4-5,7-9,12H,6H2,1-3H3. The zero-order valence-electron chi connectivity index (χ0n) is 10.3. The summed E-state index contributed by atoms with van der Waals surface area (Å²) in [4.78, 5) is 0. The van der Waals surface area contributed by atoms with E-state index in [4.69, 9.17) is 0 Å². The summed E-state index contributed by atoms with van der Waals surface area (Å²) < 4.78 is 1.87. The Bertz CT molecular complexity index is 448. The van der Waals surface area contributed by atoms with Crippen LogP contribution < -0.4 is 5.32 Å². The molecule has 0 amide bonds. The fraction of sp³-hybridized carbons (Fsp3) is 0.545. The summed E-state index contributed by atoms with van der Waals surface area (Å²) in [5.74, 6) is 0.873. The average molecular weight is 251 g/mol. The van der Waals surface area contributed by atoms with Crippen molar-refractivity contribution in [2.75, 3.05) is 0 Å². The largest absolute Gasteiger partial charge is 0.308 e. The van der Waals surface area contributed by atoms with Crippen LogP contribution in [0.2, 0.25) is 0 Å². The Labute approximate surface area is 105 Å². The molecule has 2 rings (SSSR count). The van der Waals surface area contributed by atoms with E-state index in [1.54, 1.807) is 11.3 Å². The molecule has 2 aromatic heterocycles. The van der Waals surface area contributed by atoms with Gasteiger partial charge in [-0.25, -0.2) is 4.68 Å².